The Hall–Kier alpha value is -2.17. The standard InChI is InChI=1S/C18H22FN3O/c1-21-13-15(12-20-21)6-9-18(23)22-10-2-3-17(22)11-14-4-7-16(19)8-5-14/h4-5,7-8,12-13,17H,2-3,6,9-11H2,1H3. The molecule has 1 fully saturated rings. The van der Waals surface area contributed by atoms with Gasteiger partial charge in [0.15, 0.2) is 0 Å². The molecule has 122 valence electrons. The van der Waals surface area contributed by atoms with Gasteiger partial charge in [-0.1, -0.05) is 12.1 Å². The van der Waals surface area contributed by atoms with E-state index in [1.807, 2.05) is 36.5 Å². The average Bonchev–Trinajstić information content (AvgIpc) is 3.16. The molecule has 1 atom stereocenters. The monoisotopic (exact) mass is 315 g/mol. The number of aryl methyl sites for hydroxylation is 2. The highest BCUT2D eigenvalue weighted by atomic mass is 19.1. The molecule has 0 radical (unpaired) electrons. The van der Waals surface area contributed by atoms with E-state index in [0.29, 0.717) is 6.42 Å². The van der Waals surface area contributed by atoms with Crippen LogP contribution in [0.25, 0.3) is 0 Å². The van der Waals surface area contributed by atoms with Gasteiger partial charge in [-0.2, -0.15) is 5.10 Å². The number of rotatable bonds is 5. The van der Waals surface area contributed by atoms with Crippen LogP contribution in [0.1, 0.15) is 30.4 Å². The summed E-state index contributed by atoms with van der Waals surface area (Å²) in [5, 5.41) is 4.13. The van der Waals surface area contributed by atoms with Crippen LogP contribution in [0.3, 0.4) is 0 Å². The minimum atomic E-state index is -0.218. The number of amides is 1. The van der Waals surface area contributed by atoms with Crippen LogP contribution in [0.15, 0.2) is 36.7 Å². The van der Waals surface area contributed by atoms with Crippen molar-refractivity contribution in [2.75, 3.05) is 6.54 Å². The van der Waals surface area contributed by atoms with Crippen LogP contribution in [0, 0.1) is 5.82 Å². The summed E-state index contributed by atoms with van der Waals surface area (Å²) in [4.78, 5) is 14.5. The van der Waals surface area contributed by atoms with Gasteiger partial charge < -0.3 is 4.90 Å². The van der Waals surface area contributed by atoms with Crippen molar-refractivity contribution in [3.8, 4) is 0 Å². The first-order valence-corrected chi connectivity index (χ1v) is 8.13. The molecule has 1 aliphatic heterocycles. The van der Waals surface area contributed by atoms with Crippen molar-refractivity contribution in [1.82, 2.24) is 14.7 Å². The average molecular weight is 315 g/mol. The van der Waals surface area contributed by atoms with Crippen molar-refractivity contribution in [3.63, 3.8) is 0 Å². The van der Waals surface area contributed by atoms with Gasteiger partial charge in [0, 0.05) is 32.3 Å². The number of nitrogens with zero attached hydrogens (tertiary/aromatic N) is 3. The molecule has 3 rings (SSSR count). The molecule has 5 heteroatoms. The molecule has 0 spiro atoms. The van der Waals surface area contributed by atoms with Gasteiger partial charge in [-0.25, -0.2) is 4.39 Å². The molecule has 0 N–H and O–H groups in total. The number of hydrogen-bond donors (Lipinski definition) is 0. The number of likely N-dealkylation sites (tertiary alicyclic amines) is 1. The second-order valence-corrected chi connectivity index (χ2v) is 6.24. The van der Waals surface area contributed by atoms with E-state index in [2.05, 4.69) is 5.10 Å². The molecule has 2 heterocycles. The maximum atomic E-state index is 13.0. The van der Waals surface area contributed by atoms with Gasteiger partial charge >= 0.3 is 0 Å². The number of benzene rings is 1. The first-order valence-electron chi connectivity index (χ1n) is 8.13. The van der Waals surface area contributed by atoms with Crippen LogP contribution in [0.5, 0.6) is 0 Å². The zero-order chi connectivity index (χ0) is 16.2. The Kier molecular flexibility index (Phi) is 4.74. The van der Waals surface area contributed by atoms with Crippen LogP contribution in [-0.4, -0.2) is 33.2 Å². The summed E-state index contributed by atoms with van der Waals surface area (Å²) >= 11 is 0. The quantitative estimate of drug-likeness (QED) is 0.851. The van der Waals surface area contributed by atoms with E-state index in [-0.39, 0.29) is 17.8 Å². The van der Waals surface area contributed by atoms with E-state index < -0.39 is 0 Å². The summed E-state index contributed by atoms with van der Waals surface area (Å²) in [6, 6.07) is 6.83. The maximum absolute atomic E-state index is 13.0. The molecule has 1 unspecified atom stereocenters. The second-order valence-electron chi connectivity index (χ2n) is 6.24. The molecule has 1 saturated heterocycles. The lowest BCUT2D eigenvalue weighted by Gasteiger charge is -2.25. The van der Waals surface area contributed by atoms with E-state index in [1.54, 1.807) is 4.68 Å². The van der Waals surface area contributed by atoms with Crippen molar-refractivity contribution >= 4 is 5.91 Å². The number of hydrogen-bond acceptors (Lipinski definition) is 2. The van der Waals surface area contributed by atoms with Crippen LogP contribution in [0.4, 0.5) is 4.39 Å². The van der Waals surface area contributed by atoms with Gasteiger partial charge in [0.2, 0.25) is 5.91 Å². The first-order chi connectivity index (χ1) is 11.1. The Balaban J connectivity index is 1.57. The van der Waals surface area contributed by atoms with Gasteiger partial charge in [0.1, 0.15) is 5.82 Å². The van der Waals surface area contributed by atoms with E-state index in [9.17, 15) is 9.18 Å². The molecule has 4 nitrogen and oxygen atoms in total. The lowest BCUT2D eigenvalue weighted by atomic mass is 10.0. The van der Waals surface area contributed by atoms with Gasteiger partial charge in [0.05, 0.1) is 6.20 Å². The van der Waals surface area contributed by atoms with Crippen molar-refractivity contribution in [1.29, 1.82) is 0 Å². The minimum Gasteiger partial charge on any atom is -0.339 e. The molecular formula is C18H22FN3O. The van der Waals surface area contributed by atoms with Crippen LogP contribution in [0.2, 0.25) is 0 Å². The lowest BCUT2D eigenvalue weighted by molar-refractivity contribution is -0.131. The van der Waals surface area contributed by atoms with Crippen LogP contribution < -0.4 is 0 Å². The highest BCUT2D eigenvalue weighted by Crippen LogP contribution is 2.22. The Morgan fingerprint density at radius 2 is 2.09 bits per heavy atom. The Morgan fingerprint density at radius 1 is 1.30 bits per heavy atom. The third-order valence-corrected chi connectivity index (χ3v) is 4.47. The summed E-state index contributed by atoms with van der Waals surface area (Å²) in [5.74, 6) is -0.0111. The predicted octanol–water partition coefficient (Wildman–Crippen LogP) is 2.73. The summed E-state index contributed by atoms with van der Waals surface area (Å²) in [6.07, 6.45) is 7.89. The lowest BCUT2D eigenvalue weighted by Crippen LogP contribution is -2.36. The van der Waals surface area contributed by atoms with Gasteiger partial charge in [0.25, 0.3) is 0 Å². The van der Waals surface area contributed by atoms with Gasteiger partial charge in [-0.05, 0) is 48.9 Å². The summed E-state index contributed by atoms with van der Waals surface area (Å²) in [6.45, 7) is 0.831. The Morgan fingerprint density at radius 3 is 2.78 bits per heavy atom. The van der Waals surface area contributed by atoms with Crippen molar-refractivity contribution < 1.29 is 9.18 Å². The van der Waals surface area contributed by atoms with Crippen LogP contribution in [-0.2, 0) is 24.7 Å². The van der Waals surface area contributed by atoms with E-state index in [0.717, 1.165) is 43.4 Å². The molecule has 1 aromatic heterocycles. The third-order valence-electron chi connectivity index (χ3n) is 4.47. The minimum absolute atomic E-state index is 0.207. The summed E-state index contributed by atoms with van der Waals surface area (Å²) < 4.78 is 14.8. The SMILES string of the molecule is Cn1cc(CCC(=O)N2CCCC2Cc2ccc(F)cc2)cn1. The highest BCUT2D eigenvalue weighted by molar-refractivity contribution is 5.77. The van der Waals surface area contributed by atoms with Crippen molar-refractivity contribution in [3.05, 3.63) is 53.6 Å². The number of aromatic nitrogens is 2. The normalized spacial score (nSPS) is 17.7. The maximum Gasteiger partial charge on any atom is 0.223 e. The smallest absolute Gasteiger partial charge is 0.223 e. The topological polar surface area (TPSA) is 38.1 Å². The van der Waals surface area contributed by atoms with Gasteiger partial charge in [-0.3, -0.25) is 9.48 Å². The summed E-state index contributed by atoms with van der Waals surface area (Å²) in [5.41, 5.74) is 2.18. The van der Waals surface area contributed by atoms with Gasteiger partial charge in [-0.15, -0.1) is 0 Å². The fourth-order valence-corrected chi connectivity index (χ4v) is 3.26. The number of halogens is 1. The van der Waals surface area contributed by atoms with E-state index in [4.69, 9.17) is 0 Å². The Labute approximate surface area is 135 Å². The molecular weight excluding hydrogens is 293 g/mol. The molecule has 1 amide bonds. The molecule has 0 saturated carbocycles. The van der Waals surface area contributed by atoms with Crippen molar-refractivity contribution in [2.24, 2.45) is 7.05 Å². The summed E-state index contributed by atoms with van der Waals surface area (Å²) in [7, 11) is 1.88. The van der Waals surface area contributed by atoms with Crippen LogP contribution >= 0.6 is 0 Å². The highest BCUT2D eigenvalue weighted by Gasteiger charge is 2.28. The zero-order valence-electron chi connectivity index (χ0n) is 13.4. The molecule has 2 aromatic rings. The fraction of sp³-hybridized carbons (Fsp3) is 0.444. The predicted molar refractivity (Wildman–Crippen MR) is 86.4 cm³/mol. The largest absolute Gasteiger partial charge is 0.339 e. The zero-order valence-corrected chi connectivity index (χ0v) is 13.4. The number of carbonyl (C=O) groups is 1. The first kappa shape index (κ1) is 15.7. The molecule has 23 heavy (non-hydrogen) atoms. The molecule has 0 aliphatic carbocycles. The number of carbonyl (C=O) groups excluding carboxylic acids is 1. The molecule has 0 bridgehead atoms. The van der Waals surface area contributed by atoms with E-state index in [1.165, 1.54) is 12.1 Å². The molecule has 1 aromatic carbocycles. The van der Waals surface area contributed by atoms with Crippen molar-refractivity contribution in [2.45, 2.75) is 38.1 Å². The molecule has 1 aliphatic rings. The fourth-order valence-electron chi connectivity index (χ4n) is 3.26. The van der Waals surface area contributed by atoms with E-state index >= 15 is 0 Å². The third kappa shape index (κ3) is 3.97. The Bertz CT molecular complexity index is 665. The second kappa shape index (κ2) is 6.94.